The number of carboxylic acid groups (broad SMARTS) is 1. The van der Waals surface area contributed by atoms with Gasteiger partial charge in [-0.1, -0.05) is 30.3 Å². The average molecular weight is 204 g/mol. The smallest absolute Gasteiger partial charge is 0.307 e. The number of hydrogen-bond donors (Lipinski definition) is 1. The highest BCUT2D eigenvalue weighted by Gasteiger charge is 2.08. The van der Waals surface area contributed by atoms with Gasteiger partial charge in [0.25, 0.3) is 0 Å². The van der Waals surface area contributed by atoms with Crippen LogP contribution in [0.25, 0.3) is 10.8 Å². The van der Waals surface area contributed by atoms with Gasteiger partial charge in [0.1, 0.15) is 5.82 Å². The van der Waals surface area contributed by atoms with Gasteiger partial charge in [0.2, 0.25) is 0 Å². The summed E-state index contributed by atoms with van der Waals surface area (Å²) in [4.78, 5) is 10.6. The van der Waals surface area contributed by atoms with Gasteiger partial charge in [-0.2, -0.15) is 0 Å². The van der Waals surface area contributed by atoms with Crippen LogP contribution in [-0.4, -0.2) is 11.1 Å². The molecule has 2 aromatic carbocycles. The number of hydrogen-bond acceptors (Lipinski definition) is 1. The molecule has 0 aliphatic heterocycles. The number of carbonyl (C=O) groups is 1. The summed E-state index contributed by atoms with van der Waals surface area (Å²) in [6, 6.07) is 9.86. The summed E-state index contributed by atoms with van der Waals surface area (Å²) < 4.78 is 13.5. The van der Waals surface area contributed by atoms with Gasteiger partial charge in [-0.3, -0.25) is 4.79 Å². The van der Waals surface area contributed by atoms with E-state index in [2.05, 4.69) is 0 Å². The Balaban J connectivity index is 2.68. The van der Waals surface area contributed by atoms with E-state index in [9.17, 15) is 9.18 Å². The highest BCUT2D eigenvalue weighted by atomic mass is 19.1. The van der Waals surface area contributed by atoms with E-state index in [4.69, 9.17) is 5.11 Å². The topological polar surface area (TPSA) is 37.3 Å². The highest BCUT2D eigenvalue weighted by molar-refractivity contribution is 5.89. The van der Waals surface area contributed by atoms with E-state index < -0.39 is 5.97 Å². The molecule has 0 unspecified atom stereocenters. The van der Waals surface area contributed by atoms with Crippen molar-refractivity contribution in [1.82, 2.24) is 0 Å². The minimum Gasteiger partial charge on any atom is -0.481 e. The van der Waals surface area contributed by atoms with Crippen LogP contribution in [0.1, 0.15) is 5.56 Å². The van der Waals surface area contributed by atoms with Crippen LogP contribution in [-0.2, 0) is 11.2 Å². The number of benzene rings is 2. The van der Waals surface area contributed by atoms with Crippen LogP contribution in [0.2, 0.25) is 0 Å². The quantitative estimate of drug-likeness (QED) is 0.816. The molecule has 2 rings (SSSR count). The Hall–Kier alpha value is -1.90. The lowest BCUT2D eigenvalue weighted by Crippen LogP contribution is -2.01. The van der Waals surface area contributed by atoms with E-state index >= 15 is 0 Å². The van der Waals surface area contributed by atoms with Crippen LogP contribution in [0, 0.1) is 5.82 Å². The second-order valence-corrected chi connectivity index (χ2v) is 3.33. The first-order valence-corrected chi connectivity index (χ1v) is 4.56. The number of aliphatic carboxylic acids is 1. The maximum Gasteiger partial charge on any atom is 0.307 e. The van der Waals surface area contributed by atoms with E-state index in [-0.39, 0.29) is 12.2 Å². The lowest BCUT2D eigenvalue weighted by atomic mass is 10.0. The molecule has 0 aromatic heterocycles. The van der Waals surface area contributed by atoms with Crippen LogP contribution in [0.5, 0.6) is 0 Å². The maximum atomic E-state index is 13.5. The number of rotatable bonds is 2. The van der Waals surface area contributed by atoms with Gasteiger partial charge in [0.05, 0.1) is 6.42 Å². The summed E-state index contributed by atoms with van der Waals surface area (Å²) in [7, 11) is 0. The summed E-state index contributed by atoms with van der Waals surface area (Å²) >= 11 is 0. The first kappa shape index (κ1) is 9.65. The van der Waals surface area contributed by atoms with Gasteiger partial charge in [-0.15, -0.1) is 0 Å². The van der Waals surface area contributed by atoms with Crippen LogP contribution >= 0.6 is 0 Å². The lowest BCUT2D eigenvalue weighted by molar-refractivity contribution is -0.136. The minimum atomic E-state index is -0.953. The zero-order valence-electron chi connectivity index (χ0n) is 7.90. The van der Waals surface area contributed by atoms with Crippen molar-refractivity contribution < 1.29 is 14.3 Å². The second-order valence-electron chi connectivity index (χ2n) is 3.33. The van der Waals surface area contributed by atoms with E-state index in [1.165, 1.54) is 6.07 Å². The summed E-state index contributed by atoms with van der Waals surface area (Å²) in [5, 5.41) is 9.83. The standard InChI is InChI=1S/C12H9FO2/c13-10-6-2-4-8-3-1-5-9(12(8)10)7-11(14)15/h1-6H,7H2,(H,14,15). The Bertz CT molecular complexity index is 515. The molecule has 0 spiro atoms. The molecule has 0 aliphatic carbocycles. The fourth-order valence-corrected chi connectivity index (χ4v) is 1.68. The Kier molecular flexibility index (Phi) is 2.37. The van der Waals surface area contributed by atoms with Crippen molar-refractivity contribution in [2.75, 3.05) is 0 Å². The zero-order valence-corrected chi connectivity index (χ0v) is 7.90. The van der Waals surface area contributed by atoms with Crippen molar-refractivity contribution in [2.24, 2.45) is 0 Å². The van der Waals surface area contributed by atoms with Crippen molar-refractivity contribution in [3.05, 3.63) is 47.8 Å². The fraction of sp³-hybridized carbons (Fsp3) is 0.0833. The van der Waals surface area contributed by atoms with Crippen molar-refractivity contribution in [3.8, 4) is 0 Å². The Morgan fingerprint density at radius 3 is 2.53 bits per heavy atom. The van der Waals surface area contributed by atoms with Crippen LogP contribution in [0.15, 0.2) is 36.4 Å². The molecule has 0 atom stereocenters. The van der Waals surface area contributed by atoms with Gasteiger partial charge in [0, 0.05) is 5.39 Å². The van der Waals surface area contributed by atoms with Crippen molar-refractivity contribution in [3.63, 3.8) is 0 Å². The lowest BCUT2D eigenvalue weighted by Gasteiger charge is -2.04. The van der Waals surface area contributed by atoms with Crippen LogP contribution in [0.4, 0.5) is 4.39 Å². The molecule has 2 aromatic rings. The molecule has 0 saturated heterocycles. The van der Waals surface area contributed by atoms with E-state index in [0.717, 1.165) is 5.39 Å². The molecule has 0 radical (unpaired) electrons. The average Bonchev–Trinajstić information content (AvgIpc) is 2.17. The maximum absolute atomic E-state index is 13.5. The highest BCUT2D eigenvalue weighted by Crippen LogP contribution is 2.22. The molecular formula is C12H9FO2. The monoisotopic (exact) mass is 204 g/mol. The van der Waals surface area contributed by atoms with Gasteiger partial charge in [-0.05, 0) is 17.0 Å². The largest absolute Gasteiger partial charge is 0.481 e. The second kappa shape index (κ2) is 3.69. The molecule has 0 amide bonds. The third-order valence-corrected chi connectivity index (χ3v) is 2.28. The summed E-state index contributed by atoms with van der Waals surface area (Å²) in [6.45, 7) is 0. The molecule has 2 nitrogen and oxygen atoms in total. The first-order chi connectivity index (χ1) is 7.18. The zero-order chi connectivity index (χ0) is 10.8. The minimum absolute atomic E-state index is 0.154. The molecule has 0 bridgehead atoms. The predicted octanol–water partition coefficient (Wildman–Crippen LogP) is 2.61. The van der Waals surface area contributed by atoms with Gasteiger partial charge in [0.15, 0.2) is 0 Å². The molecule has 0 heterocycles. The molecule has 3 heteroatoms. The van der Waals surface area contributed by atoms with Crippen molar-refractivity contribution >= 4 is 16.7 Å². The van der Waals surface area contributed by atoms with Gasteiger partial charge in [-0.25, -0.2) is 4.39 Å². The van der Waals surface area contributed by atoms with Crippen LogP contribution in [0.3, 0.4) is 0 Å². The molecule has 0 saturated carbocycles. The van der Waals surface area contributed by atoms with Gasteiger partial charge >= 0.3 is 5.97 Å². The number of carboxylic acids is 1. The van der Waals surface area contributed by atoms with E-state index in [1.807, 2.05) is 0 Å². The molecule has 0 fully saturated rings. The Labute approximate surface area is 86.0 Å². The SMILES string of the molecule is O=C(O)Cc1cccc2cccc(F)c12. The van der Waals surface area contributed by atoms with E-state index in [1.54, 1.807) is 30.3 Å². The van der Waals surface area contributed by atoms with Crippen molar-refractivity contribution in [2.45, 2.75) is 6.42 Å². The Morgan fingerprint density at radius 1 is 1.20 bits per heavy atom. The van der Waals surface area contributed by atoms with E-state index in [0.29, 0.717) is 10.9 Å². The third kappa shape index (κ3) is 1.81. The molecule has 76 valence electrons. The molecule has 15 heavy (non-hydrogen) atoms. The molecule has 1 N–H and O–H groups in total. The summed E-state index contributed by atoms with van der Waals surface area (Å²) in [5.74, 6) is -1.32. The van der Waals surface area contributed by atoms with Gasteiger partial charge < -0.3 is 5.11 Å². The number of fused-ring (bicyclic) bond motifs is 1. The first-order valence-electron chi connectivity index (χ1n) is 4.56. The van der Waals surface area contributed by atoms with Crippen LogP contribution < -0.4 is 0 Å². The summed E-state index contributed by atoms with van der Waals surface area (Å²) in [5.41, 5.74) is 0.512. The predicted molar refractivity (Wildman–Crippen MR) is 55.2 cm³/mol. The van der Waals surface area contributed by atoms with Crippen molar-refractivity contribution in [1.29, 1.82) is 0 Å². The normalized spacial score (nSPS) is 10.5. The third-order valence-electron chi connectivity index (χ3n) is 2.28. The number of halogens is 1. The Morgan fingerprint density at radius 2 is 1.87 bits per heavy atom. The summed E-state index contributed by atoms with van der Waals surface area (Å²) in [6.07, 6.45) is -0.154. The molecular weight excluding hydrogens is 195 g/mol. The molecule has 0 aliphatic rings. The fourth-order valence-electron chi connectivity index (χ4n) is 1.68.